The lowest BCUT2D eigenvalue weighted by atomic mass is 10.1. The topological polar surface area (TPSA) is 18.5 Å². The van der Waals surface area contributed by atoms with E-state index < -0.39 is 0 Å². The van der Waals surface area contributed by atoms with Crippen LogP contribution in [0.3, 0.4) is 0 Å². The zero-order valence-corrected chi connectivity index (χ0v) is 6.09. The van der Waals surface area contributed by atoms with Crippen molar-refractivity contribution in [3.63, 3.8) is 0 Å². The van der Waals surface area contributed by atoms with Crippen LogP contribution in [0.1, 0.15) is 20.3 Å². The summed E-state index contributed by atoms with van der Waals surface area (Å²) < 4.78 is 10.5. The van der Waals surface area contributed by atoms with Crippen molar-refractivity contribution in [2.24, 2.45) is 5.92 Å². The highest BCUT2D eigenvalue weighted by Gasteiger charge is 2.21. The first kappa shape index (κ1) is 7.03. The zero-order valence-electron chi connectivity index (χ0n) is 6.09. The van der Waals surface area contributed by atoms with Gasteiger partial charge in [-0.15, -0.1) is 0 Å². The van der Waals surface area contributed by atoms with E-state index in [9.17, 15) is 0 Å². The molecule has 9 heavy (non-hydrogen) atoms. The molecule has 2 nitrogen and oxygen atoms in total. The fraction of sp³-hybridized carbons (Fsp3) is 1.00. The maximum Gasteiger partial charge on any atom is 0.157 e. The maximum absolute atomic E-state index is 5.28. The summed E-state index contributed by atoms with van der Waals surface area (Å²) in [7, 11) is 0. The Labute approximate surface area is 56.2 Å². The van der Waals surface area contributed by atoms with E-state index in [4.69, 9.17) is 9.47 Å². The minimum Gasteiger partial charge on any atom is -0.353 e. The number of rotatable bonds is 2. The van der Waals surface area contributed by atoms with E-state index in [1.54, 1.807) is 0 Å². The highest BCUT2D eigenvalue weighted by Crippen LogP contribution is 2.18. The Morgan fingerprint density at radius 3 is 2.89 bits per heavy atom. The van der Waals surface area contributed by atoms with Gasteiger partial charge in [-0.3, -0.25) is 0 Å². The molecule has 1 saturated heterocycles. The SMILES string of the molecule is CCO[C@@H]1C[C@@H](C)CO1. The zero-order chi connectivity index (χ0) is 6.69. The van der Waals surface area contributed by atoms with Gasteiger partial charge in [0.15, 0.2) is 6.29 Å². The van der Waals surface area contributed by atoms with Gasteiger partial charge in [-0.25, -0.2) is 0 Å². The summed E-state index contributed by atoms with van der Waals surface area (Å²) in [5, 5.41) is 0. The van der Waals surface area contributed by atoms with Crippen molar-refractivity contribution in [2.75, 3.05) is 13.2 Å². The Kier molecular flexibility index (Phi) is 2.49. The molecular formula is C7H14O2. The number of hydrogen-bond donors (Lipinski definition) is 0. The fourth-order valence-electron chi connectivity index (χ4n) is 1.04. The summed E-state index contributed by atoms with van der Waals surface area (Å²) in [6.45, 7) is 5.80. The first-order valence-electron chi connectivity index (χ1n) is 3.56. The summed E-state index contributed by atoms with van der Waals surface area (Å²) in [6, 6.07) is 0. The van der Waals surface area contributed by atoms with Crippen molar-refractivity contribution in [2.45, 2.75) is 26.6 Å². The molecule has 1 aliphatic heterocycles. The average Bonchev–Trinajstić information content (AvgIpc) is 2.17. The first-order chi connectivity index (χ1) is 4.33. The Balaban J connectivity index is 2.14. The Hall–Kier alpha value is -0.0800. The summed E-state index contributed by atoms with van der Waals surface area (Å²) >= 11 is 0. The highest BCUT2D eigenvalue weighted by atomic mass is 16.7. The van der Waals surface area contributed by atoms with Gasteiger partial charge in [0.05, 0.1) is 6.61 Å². The molecule has 0 amide bonds. The average molecular weight is 130 g/mol. The molecule has 0 radical (unpaired) electrons. The molecule has 0 unspecified atom stereocenters. The third kappa shape index (κ3) is 1.95. The molecule has 54 valence electrons. The highest BCUT2D eigenvalue weighted by molar-refractivity contribution is 4.62. The molecule has 0 aliphatic carbocycles. The van der Waals surface area contributed by atoms with E-state index >= 15 is 0 Å². The van der Waals surface area contributed by atoms with Gasteiger partial charge in [-0.05, 0) is 12.8 Å². The van der Waals surface area contributed by atoms with Gasteiger partial charge in [0, 0.05) is 13.0 Å². The van der Waals surface area contributed by atoms with Crippen LogP contribution >= 0.6 is 0 Å². The molecule has 1 fully saturated rings. The fourth-order valence-corrected chi connectivity index (χ4v) is 1.04. The van der Waals surface area contributed by atoms with Crippen molar-refractivity contribution < 1.29 is 9.47 Å². The van der Waals surface area contributed by atoms with Crippen LogP contribution in [0.2, 0.25) is 0 Å². The smallest absolute Gasteiger partial charge is 0.157 e. The van der Waals surface area contributed by atoms with Gasteiger partial charge in [-0.2, -0.15) is 0 Å². The van der Waals surface area contributed by atoms with Crippen LogP contribution in [0.5, 0.6) is 0 Å². The van der Waals surface area contributed by atoms with Gasteiger partial charge in [-0.1, -0.05) is 6.92 Å². The van der Waals surface area contributed by atoms with Crippen molar-refractivity contribution in [1.29, 1.82) is 0 Å². The van der Waals surface area contributed by atoms with E-state index in [1.807, 2.05) is 6.92 Å². The standard InChI is InChI=1S/C7H14O2/c1-3-8-7-4-6(2)5-9-7/h6-7H,3-5H2,1-2H3/t6-,7+/m1/s1. The van der Waals surface area contributed by atoms with Gasteiger partial charge in [0.1, 0.15) is 0 Å². The molecule has 1 aliphatic rings. The Morgan fingerprint density at radius 1 is 1.67 bits per heavy atom. The molecule has 1 heterocycles. The van der Waals surface area contributed by atoms with Crippen LogP contribution in [0.25, 0.3) is 0 Å². The molecule has 1 rings (SSSR count). The maximum atomic E-state index is 5.28. The second-order valence-corrected chi connectivity index (χ2v) is 2.56. The van der Waals surface area contributed by atoms with E-state index in [0.29, 0.717) is 5.92 Å². The van der Waals surface area contributed by atoms with Crippen LogP contribution in [0.15, 0.2) is 0 Å². The van der Waals surface area contributed by atoms with Crippen molar-refractivity contribution in [3.8, 4) is 0 Å². The third-order valence-corrected chi connectivity index (χ3v) is 1.51. The van der Waals surface area contributed by atoms with Gasteiger partial charge in [0.25, 0.3) is 0 Å². The van der Waals surface area contributed by atoms with Gasteiger partial charge < -0.3 is 9.47 Å². The van der Waals surface area contributed by atoms with Crippen LogP contribution in [0, 0.1) is 5.92 Å². The quantitative estimate of drug-likeness (QED) is 0.562. The molecule has 0 N–H and O–H groups in total. The van der Waals surface area contributed by atoms with Crippen molar-refractivity contribution in [1.82, 2.24) is 0 Å². The lowest BCUT2D eigenvalue weighted by Crippen LogP contribution is -2.09. The molecule has 2 heteroatoms. The molecule has 0 aromatic heterocycles. The number of ether oxygens (including phenoxy) is 2. The Morgan fingerprint density at radius 2 is 2.44 bits per heavy atom. The monoisotopic (exact) mass is 130 g/mol. The molecule has 0 saturated carbocycles. The van der Waals surface area contributed by atoms with Gasteiger partial charge in [0.2, 0.25) is 0 Å². The van der Waals surface area contributed by atoms with Crippen molar-refractivity contribution in [3.05, 3.63) is 0 Å². The van der Waals surface area contributed by atoms with Crippen molar-refractivity contribution >= 4 is 0 Å². The third-order valence-electron chi connectivity index (χ3n) is 1.51. The van der Waals surface area contributed by atoms with Crippen LogP contribution in [-0.2, 0) is 9.47 Å². The minimum absolute atomic E-state index is 0.0880. The molecule has 2 atom stereocenters. The van der Waals surface area contributed by atoms with E-state index in [1.165, 1.54) is 0 Å². The summed E-state index contributed by atoms with van der Waals surface area (Å²) in [5.41, 5.74) is 0. The molecular weight excluding hydrogens is 116 g/mol. The lowest BCUT2D eigenvalue weighted by molar-refractivity contribution is -0.106. The normalized spacial score (nSPS) is 35.3. The second-order valence-electron chi connectivity index (χ2n) is 2.56. The van der Waals surface area contributed by atoms with Crippen LogP contribution in [-0.4, -0.2) is 19.5 Å². The van der Waals surface area contributed by atoms with E-state index in [2.05, 4.69) is 6.92 Å². The largest absolute Gasteiger partial charge is 0.353 e. The molecule has 0 aromatic rings. The molecule has 0 bridgehead atoms. The van der Waals surface area contributed by atoms with Crippen LogP contribution < -0.4 is 0 Å². The summed E-state index contributed by atoms with van der Waals surface area (Å²) in [5.74, 6) is 0.682. The lowest BCUT2D eigenvalue weighted by Gasteiger charge is -2.07. The molecule has 0 spiro atoms. The molecule has 0 aromatic carbocycles. The van der Waals surface area contributed by atoms with E-state index in [-0.39, 0.29) is 6.29 Å². The first-order valence-corrected chi connectivity index (χ1v) is 3.56. The Bertz CT molecular complexity index is 81.0. The summed E-state index contributed by atoms with van der Waals surface area (Å²) in [4.78, 5) is 0. The van der Waals surface area contributed by atoms with Crippen LogP contribution in [0.4, 0.5) is 0 Å². The van der Waals surface area contributed by atoms with Gasteiger partial charge >= 0.3 is 0 Å². The predicted molar refractivity (Wildman–Crippen MR) is 35.1 cm³/mol. The predicted octanol–water partition coefficient (Wildman–Crippen LogP) is 1.41. The van der Waals surface area contributed by atoms with E-state index in [0.717, 1.165) is 19.6 Å². The second kappa shape index (κ2) is 3.18. The minimum atomic E-state index is 0.0880. The number of hydrogen-bond acceptors (Lipinski definition) is 2. The summed E-state index contributed by atoms with van der Waals surface area (Å²) in [6.07, 6.45) is 1.15.